The van der Waals surface area contributed by atoms with Gasteiger partial charge in [0.1, 0.15) is 6.17 Å². The van der Waals surface area contributed by atoms with Gasteiger partial charge in [0.15, 0.2) is 0 Å². The summed E-state index contributed by atoms with van der Waals surface area (Å²) >= 11 is 0. The van der Waals surface area contributed by atoms with Gasteiger partial charge in [-0.3, -0.25) is 0 Å². The maximum Gasteiger partial charge on any atom is 0.250 e. The standard InChI is InChI=1S/C7H12F3N/c8-6-3-7(9,10)2-1-5(6)4-11/h5-6H,1-4,11H2/t5-,6-/m0/s1. The van der Waals surface area contributed by atoms with Gasteiger partial charge in [-0.25, -0.2) is 13.2 Å². The molecule has 0 aromatic heterocycles. The molecule has 1 aliphatic rings. The predicted molar refractivity (Wildman–Crippen MR) is 36.2 cm³/mol. The average molecular weight is 167 g/mol. The lowest BCUT2D eigenvalue weighted by molar-refractivity contribution is -0.0744. The van der Waals surface area contributed by atoms with Gasteiger partial charge in [0.25, 0.3) is 5.92 Å². The number of rotatable bonds is 1. The fourth-order valence-corrected chi connectivity index (χ4v) is 1.40. The molecule has 0 amide bonds. The number of nitrogens with two attached hydrogens (primary N) is 1. The molecule has 2 N–H and O–H groups in total. The summed E-state index contributed by atoms with van der Waals surface area (Å²) in [6, 6.07) is 0. The van der Waals surface area contributed by atoms with Gasteiger partial charge in [0, 0.05) is 18.8 Å². The van der Waals surface area contributed by atoms with Crippen molar-refractivity contribution in [2.75, 3.05) is 6.54 Å². The molecule has 1 rings (SSSR count). The molecule has 0 radical (unpaired) electrons. The van der Waals surface area contributed by atoms with Crippen LogP contribution in [-0.2, 0) is 0 Å². The van der Waals surface area contributed by atoms with Crippen LogP contribution in [0.25, 0.3) is 0 Å². The third-order valence-electron chi connectivity index (χ3n) is 2.19. The molecule has 0 aromatic carbocycles. The van der Waals surface area contributed by atoms with E-state index in [0.717, 1.165) is 0 Å². The normalized spacial score (nSPS) is 37.1. The Balaban J connectivity index is 2.48. The minimum absolute atomic E-state index is 0.178. The summed E-state index contributed by atoms with van der Waals surface area (Å²) in [5.74, 6) is -3.15. The first-order valence-electron chi connectivity index (χ1n) is 3.77. The van der Waals surface area contributed by atoms with Gasteiger partial charge in [-0.1, -0.05) is 0 Å². The summed E-state index contributed by atoms with van der Waals surface area (Å²) in [5.41, 5.74) is 5.20. The summed E-state index contributed by atoms with van der Waals surface area (Å²) in [7, 11) is 0. The maximum atomic E-state index is 12.8. The highest BCUT2D eigenvalue weighted by atomic mass is 19.3. The molecular weight excluding hydrogens is 155 g/mol. The molecule has 0 spiro atoms. The molecule has 1 aliphatic carbocycles. The summed E-state index contributed by atoms with van der Waals surface area (Å²) in [4.78, 5) is 0. The molecule has 66 valence electrons. The van der Waals surface area contributed by atoms with Gasteiger partial charge in [-0.05, 0) is 13.0 Å². The summed E-state index contributed by atoms with van der Waals surface area (Å²) in [6.07, 6.45) is -2.06. The Morgan fingerprint density at radius 3 is 2.55 bits per heavy atom. The van der Waals surface area contributed by atoms with Crippen molar-refractivity contribution in [3.8, 4) is 0 Å². The molecule has 2 atom stereocenters. The van der Waals surface area contributed by atoms with E-state index in [1.807, 2.05) is 0 Å². The van der Waals surface area contributed by atoms with Gasteiger partial charge in [0.05, 0.1) is 0 Å². The Morgan fingerprint density at radius 1 is 1.45 bits per heavy atom. The smallest absolute Gasteiger partial charge is 0.250 e. The monoisotopic (exact) mass is 167 g/mol. The molecule has 1 nitrogen and oxygen atoms in total. The van der Waals surface area contributed by atoms with Crippen LogP contribution in [0.3, 0.4) is 0 Å². The molecule has 0 aliphatic heterocycles. The van der Waals surface area contributed by atoms with Crippen LogP contribution in [0.2, 0.25) is 0 Å². The summed E-state index contributed by atoms with van der Waals surface area (Å²) in [6.45, 7) is 0.178. The van der Waals surface area contributed by atoms with Crippen LogP contribution in [0, 0.1) is 5.92 Å². The van der Waals surface area contributed by atoms with Crippen LogP contribution in [0.15, 0.2) is 0 Å². The first kappa shape index (κ1) is 8.84. The van der Waals surface area contributed by atoms with Crippen molar-refractivity contribution in [2.45, 2.75) is 31.4 Å². The zero-order valence-corrected chi connectivity index (χ0v) is 6.19. The van der Waals surface area contributed by atoms with E-state index in [9.17, 15) is 13.2 Å². The molecule has 1 saturated carbocycles. The fraction of sp³-hybridized carbons (Fsp3) is 1.00. The molecule has 0 saturated heterocycles. The van der Waals surface area contributed by atoms with Gasteiger partial charge in [-0.2, -0.15) is 0 Å². The fourth-order valence-electron chi connectivity index (χ4n) is 1.40. The van der Waals surface area contributed by atoms with E-state index in [1.165, 1.54) is 0 Å². The van der Waals surface area contributed by atoms with Crippen molar-refractivity contribution in [3.63, 3.8) is 0 Å². The largest absolute Gasteiger partial charge is 0.330 e. The van der Waals surface area contributed by atoms with E-state index >= 15 is 0 Å². The number of halogens is 3. The molecule has 1 fully saturated rings. The second-order valence-corrected chi connectivity index (χ2v) is 3.11. The minimum Gasteiger partial charge on any atom is -0.330 e. The SMILES string of the molecule is NC[C@@H]1CCC(F)(F)C[C@@H]1F. The maximum absolute atomic E-state index is 12.8. The predicted octanol–water partition coefficient (Wildman–Crippen LogP) is 1.72. The first-order valence-corrected chi connectivity index (χ1v) is 3.77. The minimum atomic E-state index is -2.80. The van der Waals surface area contributed by atoms with Gasteiger partial charge in [-0.15, -0.1) is 0 Å². The van der Waals surface area contributed by atoms with Crippen molar-refractivity contribution in [2.24, 2.45) is 11.7 Å². The van der Waals surface area contributed by atoms with Gasteiger partial charge >= 0.3 is 0 Å². The third-order valence-corrected chi connectivity index (χ3v) is 2.19. The zero-order valence-electron chi connectivity index (χ0n) is 6.19. The zero-order chi connectivity index (χ0) is 8.48. The highest BCUT2D eigenvalue weighted by molar-refractivity contribution is 4.84. The number of hydrogen-bond acceptors (Lipinski definition) is 1. The second kappa shape index (κ2) is 3.01. The van der Waals surface area contributed by atoms with E-state index in [4.69, 9.17) is 5.73 Å². The van der Waals surface area contributed by atoms with Gasteiger partial charge in [0.2, 0.25) is 0 Å². The topological polar surface area (TPSA) is 26.0 Å². The summed E-state index contributed by atoms with van der Waals surface area (Å²) in [5, 5.41) is 0. The molecular formula is C7H12F3N. The average Bonchev–Trinajstić information content (AvgIpc) is 1.86. The highest BCUT2D eigenvalue weighted by Crippen LogP contribution is 2.37. The van der Waals surface area contributed by atoms with Crippen LogP contribution in [-0.4, -0.2) is 18.6 Å². The summed E-state index contributed by atoms with van der Waals surface area (Å²) < 4.78 is 37.8. The van der Waals surface area contributed by atoms with Crippen molar-refractivity contribution in [1.82, 2.24) is 0 Å². The lowest BCUT2D eigenvalue weighted by atomic mass is 9.85. The Morgan fingerprint density at radius 2 is 2.09 bits per heavy atom. The van der Waals surface area contributed by atoms with Crippen LogP contribution >= 0.6 is 0 Å². The van der Waals surface area contributed by atoms with Crippen molar-refractivity contribution >= 4 is 0 Å². The Bertz CT molecular complexity index is 138. The Hall–Kier alpha value is -0.250. The Labute approximate surface area is 63.8 Å². The van der Waals surface area contributed by atoms with Crippen molar-refractivity contribution < 1.29 is 13.2 Å². The van der Waals surface area contributed by atoms with Crippen LogP contribution in [0.5, 0.6) is 0 Å². The molecule has 0 heterocycles. The van der Waals surface area contributed by atoms with Gasteiger partial charge < -0.3 is 5.73 Å². The lowest BCUT2D eigenvalue weighted by Crippen LogP contribution is -2.37. The molecule has 11 heavy (non-hydrogen) atoms. The van der Waals surface area contributed by atoms with Crippen molar-refractivity contribution in [3.05, 3.63) is 0 Å². The molecule has 0 bridgehead atoms. The van der Waals surface area contributed by atoms with Crippen LogP contribution in [0.4, 0.5) is 13.2 Å². The Kier molecular flexibility index (Phi) is 2.42. The quantitative estimate of drug-likeness (QED) is 0.632. The van der Waals surface area contributed by atoms with E-state index in [2.05, 4.69) is 0 Å². The highest BCUT2D eigenvalue weighted by Gasteiger charge is 2.40. The molecule has 4 heteroatoms. The van der Waals surface area contributed by atoms with E-state index < -0.39 is 18.5 Å². The molecule has 0 aromatic rings. The van der Waals surface area contributed by atoms with E-state index in [0.29, 0.717) is 0 Å². The van der Waals surface area contributed by atoms with E-state index in [1.54, 1.807) is 0 Å². The number of hydrogen-bond donors (Lipinski definition) is 1. The first-order chi connectivity index (χ1) is 5.05. The second-order valence-electron chi connectivity index (χ2n) is 3.11. The third kappa shape index (κ3) is 2.09. The number of alkyl halides is 3. The van der Waals surface area contributed by atoms with Crippen LogP contribution in [0.1, 0.15) is 19.3 Å². The van der Waals surface area contributed by atoms with Crippen LogP contribution < -0.4 is 5.73 Å². The molecule has 0 unspecified atom stereocenters. The van der Waals surface area contributed by atoms with E-state index in [-0.39, 0.29) is 25.3 Å². The van der Waals surface area contributed by atoms with Crippen molar-refractivity contribution in [1.29, 1.82) is 0 Å². The lowest BCUT2D eigenvalue weighted by Gasteiger charge is -2.30.